The lowest BCUT2D eigenvalue weighted by molar-refractivity contribution is -0.135. The minimum Gasteiger partial charge on any atom is -0.396 e. The number of benzene rings is 1. The van der Waals surface area contributed by atoms with E-state index in [2.05, 4.69) is 0 Å². The van der Waals surface area contributed by atoms with Gasteiger partial charge < -0.3 is 10.0 Å². The Hall–Kier alpha value is -1.42. The Morgan fingerprint density at radius 2 is 2.00 bits per heavy atom. The number of hydrogen-bond acceptors (Lipinski definition) is 2. The number of hydrogen-bond donors (Lipinski definition) is 1. The van der Waals surface area contributed by atoms with Gasteiger partial charge in [-0.2, -0.15) is 0 Å². The quantitative estimate of drug-likeness (QED) is 0.833. The van der Waals surface area contributed by atoms with E-state index >= 15 is 0 Å². The van der Waals surface area contributed by atoms with Gasteiger partial charge in [0, 0.05) is 25.6 Å². The Morgan fingerprint density at radius 3 is 2.55 bits per heavy atom. The molecule has 1 fully saturated rings. The van der Waals surface area contributed by atoms with Gasteiger partial charge in [-0.05, 0) is 49.8 Å². The highest BCUT2D eigenvalue weighted by atomic mass is 19.1. The van der Waals surface area contributed by atoms with Crippen molar-refractivity contribution < 1.29 is 14.3 Å². The second-order valence-electron chi connectivity index (χ2n) is 5.38. The number of amides is 1. The molecule has 0 aliphatic heterocycles. The standard InChI is InChI=1S/C16H22FNO2/c17-14-8-5-13(6-9-14)7-10-16(20)18(11-2-12-19)15-3-1-4-15/h5-6,8-9,15,19H,1-4,7,10-12H2. The van der Waals surface area contributed by atoms with E-state index in [1.807, 2.05) is 4.90 Å². The summed E-state index contributed by atoms with van der Waals surface area (Å²) in [6, 6.07) is 6.67. The highest BCUT2D eigenvalue weighted by Crippen LogP contribution is 2.25. The maximum Gasteiger partial charge on any atom is 0.223 e. The van der Waals surface area contributed by atoms with Gasteiger partial charge in [-0.3, -0.25) is 4.79 Å². The first-order valence-electron chi connectivity index (χ1n) is 7.35. The van der Waals surface area contributed by atoms with Gasteiger partial charge in [-0.15, -0.1) is 0 Å². The summed E-state index contributed by atoms with van der Waals surface area (Å²) in [5, 5.41) is 8.93. The van der Waals surface area contributed by atoms with E-state index in [1.54, 1.807) is 12.1 Å². The van der Waals surface area contributed by atoms with Gasteiger partial charge in [0.25, 0.3) is 0 Å². The number of halogens is 1. The molecular formula is C16H22FNO2. The van der Waals surface area contributed by atoms with E-state index < -0.39 is 0 Å². The molecule has 1 aliphatic carbocycles. The van der Waals surface area contributed by atoms with Crippen molar-refractivity contribution in [3.63, 3.8) is 0 Å². The van der Waals surface area contributed by atoms with Gasteiger partial charge in [-0.25, -0.2) is 4.39 Å². The fourth-order valence-electron chi connectivity index (χ4n) is 2.50. The molecule has 3 nitrogen and oxygen atoms in total. The average molecular weight is 279 g/mol. The molecule has 1 aromatic rings. The molecule has 1 aliphatic rings. The summed E-state index contributed by atoms with van der Waals surface area (Å²) >= 11 is 0. The summed E-state index contributed by atoms with van der Waals surface area (Å²) in [4.78, 5) is 14.2. The zero-order valence-corrected chi connectivity index (χ0v) is 11.7. The topological polar surface area (TPSA) is 40.5 Å². The lowest BCUT2D eigenvalue weighted by Crippen LogP contribution is -2.45. The summed E-state index contributed by atoms with van der Waals surface area (Å²) in [6.07, 6.45) is 5.07. The van der Waals surface area contributed by atoms with Crippen LogP contribution >= 0.6 is 0 Å². The molecule has 4 heteroatoms. The third-order valence-electron chi connectivity index (χ3n) is 3.93. The highest BCUT2D eigenvalue weighted by molar-refractivity contribution is 5.77. The molecule has 0 radical (unpaired) electrons. The van der Waals surface area contributed by atoms with Crippen LogP contribution in [-0.2, 0) is 11.2 Å². The lowest BCUT2D eigenvalue weighted by Gasteiger charge is -2.37. The first-order valence-corrected chi connectivity index (χ1v) is 7.35. The number of carbonyl (C=O) groups excluding carboxylic acids is 1. The minimum atomic E-state index is -0.251. The van der Waals surface area contributed by atoms with Crippen LogP contribution in [0.2, 0.25) is 0 Å². The Bertz CT molecular complexity index is 429. The normalized spacial score (nSPS) is 14.9. The summed E-state index contributed by atoms with van der Waals surface area (Å²) in [7, 11) is 0. The molecule has 2 rings (SSSR count). The van der Waals surface area contributed by atoms with Crippen LogP contribution in [0.3, 0.4) is 0 Å². The van der Waals surface area contributed by atoms with Crippen molar-refractivity contribution in [2.75, 3.05) is 13.2 Å². The van der Waals surface area contributed by atoms with Crippen LogP contribution in [0.4, 0.5) is 4.39 Å². The number of nitrogens with zero attached hydrogens (tertiary/aromatic N) is 1. The number of carbonyl (C=O) groups is 1. The smallest absolute Gasteiger partial charge is 0.223 e. The van der Waals surface area contributed by atoms with Crippen LogP contribution in [0.5, 0.6) is 0 Å². The van der Waals surface area contributed by atoms with Crippen LogP contribution in [0, 0.1) is 5.82 Å². The third kappa shape index (κ3) is 4.04. The maximum atomic E-state index is 12.8. The number of aliphatic hydroxyl groups excluding tert-OH is 1. The monoisotopic (exact) mass is 279 g/mol. The second kappa shape index (κ2) is 7.39. The predicted molar refractivity (Wildman–Crippen MR) is 75.8 cm³/mol. The van der Waals surface area contributed by atoms with E-state index in [4.69, 9.17) is 5.11 Å². The van der Waals surface area contributed by atoms with Crippen LogP contribution in [0.25, 0.3) is 0 Å². The second-order valence-corrected chi connectivity index (χ2v) is 5.38. The van der Waals surface area contributed by atoms with Crippen molar-refractivity contribution in [3.05, 3.63) is 35.6 Å². The van der Waals surface area contributed by atoms with Crippen molar-refractivity contribution in [2.24, 2.45) is 0 Å². The van der Waals surface area contributed by atoms with E-state index in [1.165, 1.54) is 18.6 Å². The molecule has 0 bridgehead atoms. The fourth-order valence-corrected chi connectivity index (χ4v) is 2.50. The Labute approximate surface area is 119 Å². The number of aliphatic hydroxyl groups is 1. The SMILES string of the molecule is O=C(CCc1ccc(F)cc1)N(CCCO)C1CCC1. The molecule has 0 atom stereocenters. The first kappa shape index (κ1) is 15.0. The van der Waals surface area contributed by atoms with E-state index in [9.17, 15) is 9.18 Å². The predicted octanol–water partition coefficient (Wildman–Crippen LogP) is 2.52. The molecule has 1 aromatic carbocycles. The molecule has 110 valence electrons. The summed E-state index contributed by atoms with van der Waals surface area (Å²) in [6.45, 7) is 0.762. The van der Waals surface area contributed by atoms with Gasteiger partial charge in [0.1, 0.15) is 5.82 Å². The molecule has 1 amide bonds. The minimum absolute atomic E-state index is 0.120. The summed E-state index contributed by atoms with van der Waals surface area (Å²) in [5.74, 6) is -0.105. The van der Waals surface area contributed by atoms with E-state index in [0.29, 0.717) is 31.8 Å². The molecular weight excluding hydrogens is 257 g/mol. The Morgan fingerprint density at radius 1 is 1.30 bits per heavy atom. The zero-order chi connectivity index (χ0) is 14.4. The Balaban J connectivity index is 1.85. The van der Waals surface area contributed by atoms with Crippen LogP contribution in [0.1, 0.15) is 37.7 Å². The summed E-state index contributed by atoms with van der Waals surface area (Å²) < 4.78 is 12.8. The molecule has 1 N–H and O–H groups in total. The third-order valence-corrected chi connectivity index (χ3v) is 3.93. The van der Waals surface area contributed by atoms with Crippen molar-refractivity contribution in [3.8, 4) is 0 Å². The molecule has 0 heterocycles. The lowest BCUT2D eigenvalue weighted by atomic mass is 9.91. The Kier molecular flexibility index (Phi) is 5.53. The van der Waals surface area contributed by atoms with Crippen LogP contribution in [-0.4, -0.2) is 35.1 Å². The molecule has 0 unspecified atom stereocenters. The zero-order valence-electron chi connectivity index (χ0n) is 11.7. The first-order chi connectivity index (χ1) is 9.70. The van der Waals surface area contributed by atoms with Gasteiger partial charge in [0.05, 0.1) is 0 Å². The number of rotatable bonds is 7. The molecule has 0 spiro atoms. The fraction of sp³-hybridized carbons (Fsp3) is 0.562. The highest BCUT2D eigenvalue weighted by Gasteiger charge is 2.27. The van der Waals surface area contributed by atoms with Crippen LogP contribution < -0.4 is 0 Å². The summed E-state index contributed by atoms with van der Waals surface area (Å²) in [5.41, 5.74) is 0.982. The van der Waals surface area contributed by atoms with Crippen molar-refractivity contribution >= 4 is 5.91 Å². The van der Waals surface area contributed by atoms with Crippen molar-refractivity contribution in [2.45, 2.75) is 44.6 Å². The van der Waals surface area contributed by atoms with Crippen molar-refractivity contribution in [1.82, 2.24) is 4.90 Å². The van der Waals surface area contributed by atoms with Gasteiger partial charge in [0.15, 0.2) is 0 Å². The molecule has 0 saturated heterocycles. The van der Waals surface area contributed by atoms with Crippen molar-refractivity contribution in [1.29, 1.82) is 0 Å². The molecule has 0 aromatic heterocycles. The van der Waals surface area contributed by atoms with Gasteiger partial charge in [0.2, 0.25) is 5.91 Å². The maximum absolute atomic E-state index is 12.8. The molecule has 1 saturated carbocycles. The van der Waals surface area contributed by atoms with E-state index in [-0.39, 0.29) is 18.3 Å². The number of aryl methyl sites for hydroxylation is 1. The largest absolute Gasteiger partial charge is 0.396 e. The van der Waals surface area contributed by atoms with Crippen LogP contribution in [0.15, 0.2) is 24.3 Å². The average Bonchev–Trinajstić information content (AvgIpc) is 2.40. The van der Waals surface area contributed by atoms with E-state index in [0.717, 1.165) is 18.4 Å². The molecule has 20 heavy (non-hydrogen) atoms. The van der Waals surface area contributed by atoms with Gasteiger partial charge >= 0.3 is 0 Å². The van der Waals surface area contributed by atoms with Gasteiger partial charge in [-0.1, -0.05) is 12.1 Å².